The number of ether oxygens (including phenoxy) is 1. The number of nitrogen functional groups attached to an aromatic ring is 1. The fraction of sp³-hybridized carbons (Fsp3) is 0.320. The van der Waals surface area contributed by atoms with Crippen LogP contribution in [-0.2, 0) is 18.3 Å². The first-order valence-corrected chi connectivity index (χ1v) is 11.4. The minimum atomic E-state index is -1.32. The van der Waals surface area contributed by atoms with E-state index in [0.29, 0.717) is 24.2 Å². The molecule has 0 radical (unpaired) electrons. The Balaban J connectivity index is 1.77. The number of rotatable bonds is 3. The molecule has 0 aliphatic carbocycles. The van der Waals surface area contributed by atoms with Crippen molar-refractivity contribution in [3.05, 3.63) is 72.4 Å². The van der Waals surface area contributed by atoms with Crippen molar-refractivity contribution in [1.82, 2.24) is 9.13 Å². The number of amides is 1. The van der Waals surface area contributed by atoms with Crippen LogP contribution in [0.4, 0.5) is 11.5 Å². The van der Waals surface area contributed by atoms with E-state index in [9.17, 15) is 19.5 Å². The van der Waals surface area contributed by atoms with Crippen molar-refractivity contribution in [1.29, 1.82) is 0 Å². The maximum absolute atomic E-state index is 13.5. The molecule has 3 aromatic rings. The number of nitrogens with two attached hydrogens (primary N) is 1. The Bertz CT molecular complexity index is 1510. The zero-order valence-corrected chi connectivity index (χ0v) is 20.9. The van der Waals surface area contributed by atoms with Crippen molar-refractivity contribution in [3.8, 4) is 17.2 Å². The maximum Gasteiger partial charge on any atom is 0.337 e. The molecule has 184 valence electrons. The number of nitrogens with one attached hydrogen (secondary N) is 1. The van der Waals surface area contributed by atoms with Gasteiger partial charge in [-0.15, -0.1) is 0 Å². The van der Waals surface area contributed by atoms with Crippen molar-refractivity contribution < 1.29 is 14.6 Å². The molecule has 0 bridgehead atoms. The molecule has 2 heterocycles. The normalized spacial score (nSPS) is 17.0. The van der Waals surface area contributed by atoms with Gasteiger partial charge in [-0.05, 0) is 62.9 Å². The summed E-state index contributed by atoms with van der Waals surface area (Å²) in [5, 5.41) is 13.3. The molecule has 4 rings (SSSR count). The van der Waals surface area contributed by atoms with E-state index in [-0.39, 0.29) is 28.0 Å². The number of hydrogen-bond acceptors (Lipinski definition) is 6. The maximum atomic E-state index is 13.5. The fourth-order valence-corrected chi connectivity index (χ4v) is 4.59. The minimum absolute atomic E-state index is 0.219. The number of carbonyl (C=O) groups excluding carboxylic acids is 1. The Morgan fingerprint density at radius 2 is 1.83 bits per heavy atom. The van der Waals surface area contributed by atoms with Gasteiger partial charge in [0.15, 0.2) is 5.60 Å². The summed E-state index contributed by atoms with van der Waals surface area (Å²) in [5.74, 6) is -0.0640. The summed E-state index contributed by atoms with van der Waals surface area (Å²) in [5.41, 5.74) is 6.47. The van der Waals surface area contributed by atoms with Gasteiger partial charge in [0.25, 0.3) is 11.5 Å². The first-order chi connectivity index (χ1) is 16.4. The quantitative estimate of drug-likeness (QED) is 0.509. The molecule has 0 saturated heterocycles. The molecule has 2 aromatic carbocycles. The standard InChI is InChI=1S/C25H27ClN4O5/c1-12-13(2)20-15(14(3)19(12)31)10-11-25(4,35-20)23(33)28-18-21(27)30(24(34)29(5)22(18)32)17-9-7-6-8-16(17)26/h6-9,31H,10-11,27H2,1-5H3,(H,28,33). The molecule has 10 heteroatoms. The van der Waals surface area contributed by atoms with E-state index in [0.717, 1.165) is 25.8 Å². The Morgan fingerprint density at radius 3 is 2.49 bits per heavy atom. The zero-order chi connectivity index (χ0) is 25.8. The number of para-hydroxylation sites is 1. The molecule has 1 aromatic heterocycles. The van der Waals surface area contributed by atoms with Crippen LogP contribution in [-0.4, -0.2) is 25.7 Å². The third kappa shape index (κ3) is 3.76. The number of nitrogens with zero attached hydrogens (tertiary/aromatic N) is 2. The van der Waals surface area contributed by atoms with Gasteiger partial charge in [-0.25, -0.2) is 9.36 Å². The molecule has 1 atom stereocenters. The Labute approximate surface area is 206 Å². The fourth-order valence-electron chi connectivity index (χ4n) is 4.37. The summed E-state index contributed by atoms with van der Waals surface area (Å²) in [4.78, 5) is 39.3. The lowest BCUT2D eigenvalue weighted by Gasteiger charge is -2.36. The van der Waals surface area contributed by atoms with Crippen molar-refractivity contribution in [3.63, 3.8) is 0 Å². The molecular weight excluding hydrogens is 472 g/mol. The number of fused-ring (bicyclic) bond motifs is 1. The molecule has 1 unspecified atom stereocenters. The van der Waals surface area contributed by atoms with Gasteiger partial charge in [-0.1, -0.05) is 23.7 Å². The second kappa shape index (κ2) is 8.49. The van der Waals surface area contributed by atoms with Crippen molar-refractivity contribution in [2.75, 3.05) is 11.1 Å². The van der Waals surface area contributed by atoms with Crippen LogP contribution in [0.5, 0.6) is 11.5 Å². The summed E-state index contributed by atoms with van der Waals surface area (Å²) in [6, 6.07) is 6.54. The third-order valence-corrected chi connectivity index (χ3v) is 7.15. The van der Waals surface area contributed by atoms with Gasteiger partial charge < -0.3 is 20.9 Å². The molecule has 0 fully saturated rings. The van der Waals surface area contributed by atoms with Crippen LogP contribution in [0.3, 0.4) is 0 Å². The monoisotopic (exact) mass is 498 g/mol. The molecular formula is C25H27ClN4O5. The highest BCUT2D eigenvalue weighted by Gasteiger charge is 2.41. The second-order valence-electron chi connectivity index (χ2n) is 9.01. The molecule has 4 N–H and O–H groups in total. The number of anilines is 2. The number of benzene rings is 2. The number of phenolic OH excluding ortho intramolecular Hbond substituents is 1. The Hall–Kier alpha value is -3.72. The largest absolute Gasteiger partial charge is 0.507 e. The highest BCUT2D eigenvalue weighted by molar-refractivity contribution is 6.32. The molecule has 1 amide bonds. The smallest absolute Gasteiger partial charge is 0.337 e. The van der Waals surface area contributed by atoms with E-state index < -0.39 is 22.8 Å². The van der Waals surface area contributed by atoms with Gasteiger partial charge in [0.05, 0.1) is 10.7 Å². The van der Waals surface area contributed by atoms with Crippen molar-refractivity contribution >= 4 is 29.0 Å². The predicted molar refractivity (Wildman–Crippen MR) is 135 cm³/mol. The van der Waals surface area contributed by atoms with Crippen LogP contribution in [0.25, 0.3) is 5.69 Å². The lowest BCUT2D eigenvalue weighted by molar-refractivity contribution is -0.131. The summed E-state index contributed by atoms with van der Waals surface area (Å²) < 4.78 is 8.14. The Morgan fingerprint density at radius 1 is 1.17 bits per heavy atom. The molecule has 9 nitrogen and oxygen atoms in total. The minimum Gasteiger partial charge on any atom is -0.507 e. The van der Waals surface area contributed by atoms with Crippen LogP contribution >= 0.6 is 11.6 Å². The average Bonchev–Trinajstić information content (AvgIpc) is 2.83. The van der Waals surface area contributed by atoms with Crippen LogP contribution < -0.4 is 27.0 Å². The summed E-state index contributed by atoms with van der Waals surface area (Å²) >= 11 is 6.27. The SMILES string of the molecule is Cc1c(C)c2c(c(C)c1O)CCC(C)(C(=O)Nc1c(N)n(-c3ccccc3Cl)c(=O)n(C)c1=O)O2. The van der Waals surface area contributed by atoms with Crippen LogP contribution in [0.15, 0.2) is 33.9 Å². The lowest BCUT2D eigenvalue weighted by atomic mass is 9.86. The van der Waals surface area contributed by atoms with E-state index in [1.165, 1.54) is 7.05 Å². The number of halogens is 1. The van der Waals surface area contributed by atoms with Crippen LogP contribution in [0, 0.1) is 20.8 Å². The first-order valence-electron chi connectivity index (χ1n) is 11.1. The van der Waals surface area contributed by atoms with E-state index >= 15 is 0 Å². The van der Waals surface area contributed by atoms with Gasteiger partial charge >= 0.3 is 5.69 Å². The van der Waals surface area contributed by atoms with Gasteiger partial charge in [0.1, 0.15) is 23.0 Å². The van der Waals surface area contributed by atoms with Crippen LogP contribution in [0.1, 0.15) is 35.6 Å². The van der Waals surface area contributed by atoms with Gasteiger partial charge in [-0.2, -0.15) is 0 Å². The number of aromatic nitrogens is 2. The van der Waals surface area contributed by atoms with E-state index in [4.69, 9.17) is 22.1 Å². The predicted octanol–water partition coefficient (Wildman–Crippen LogP) is 3.13. The summed E-state index contributed by atoms with van der Waals surface area (Å²) in [6.45, 7) is 7.06. The summed E-state index contributed by atoms with van der Waals surface area (Å²) in [7, 11) is 1.30. The molecule has 1 aliphatic rings. The molecule has 1 aliphatic heterocycles. The Kier molecular flexibility index (Phi) is 5.92. The van der Waals surface area contributed by atoms with E-state index in [1.54, 1.807) is 38.1 Å². The van der Waals surface area contributed by atoms with Crippen LogP contribution in [0.2, 0.25) is 5.02 Å². The zero-order valence-electron chi connectivity index (χ0n) is 20.2. The molecule has 0 spiro atoms. The van der Waals surface area contributed by atoms with Gasteiger partial charge in [0.2, 0.25) is 0 Å². The number of hydrogen-bond donors (Lipinski definition) is 3. The molecule has 0 saturated carbocycles. The van der Waals surface area contributed by atoms with E-state index in [1.807, 2.05) is 13.8 Å². The second-order valence-corrected chi connectivity index (χ2v) is 9.42. The topological polar surface area (TPSA) is 129 Å². The third-order valence-electron chi connectivity index (χ3n) is 6.83. The van der Waals surface area contributed by atoms with Crippen molar-refractivity contribution in [2.24, 2.45) is 7.05 Å². The first kappa shape index (κ1) is 24.4. The van der Waals surface area contributed by atoms with Gasteiger partial charge in [0, 0.05) is 19.0 Å². The van der Waals surface area contributed by atoms with E-state index in [2.05, 4.69) is 5.32 Å². The van der Waals surface area contributed by atoms with Gasteiger partial charge in [-0.3, -0.25) is 14.2 Å². The number of phenols is 1. The highest BCUT2D eigenvalue weighted by atomic mass is 35.5. The summed E-state index contributed by atoms with van der Waals surface area (Å²) in [6.07, 6.45) is 0.797. The lowest BCUT2D eigenvalue weighted by Crippen LogP contribution is -2.50. The van der Waals surface area contributed by atoms with Crippen molar-refractivity contribution in [2.45, 2.75) is 46.1 Å². The number of carbonyl (C=O) groups is 1. The molecule has 35 heavy (non-hydrogen) atoms. The highest BCUT2D eigenvalue weighted by Crippen LogP contribution is 2.43. The average molecular weight is 499 g/mol. The number of aromatic hydroxyl groups is 1.